The summed E-state index contributed by atoms with van der Waals surface area (Å²) in [5, 5.41) is 19.9. The van der Waals surface area contributed by atoms with Gasteiger partial charge in [-0.1, -0.05) is 37.6 Å². The van der Waals surface area contributed by atoms with Crippen molar-refractivity contribution in [2.75, 3.05) is 29.5 Å². The summed E-state index contributed by atoms with van der Waals surface area (Å²) >= 11 is 7.06. The average molecular weight is 810 g/mol. The number of carbonyl (C=O) groups is 2. The Labute approximate surface area is 343 Å². The van der Waals surface area contributed by atoms with Gasteiger partial charge in [-0.2, -0.15) is 13.0 Å². The fourth-order valence-electron chi connectivity index (χ4n) is 7.47. The van der Waals surface area contributed by atoms with E-state index in [4.69, 9.17) is 11.6 Å². The number of halogens is 1. The summed E-state index contributed by atoms with van der Waals surface area (Å²) in [5.41, 5.74) is 5.27. The van der Waals surface area contributed by atoms with E-state index in [-0.39, 0.29) is 66.6 Å². The zero-order chi connectivity index (χ0) is 39.1. The van der Waals surface area contributed by atoms with Crippen molar-refractivity contribution in [3.63, 3.8) is 0 Å². The standard InChI is InChI=1S/C38H43ClN2O10S2.Na/c1-37(2)28-22-26(35(42)43)10-14-30(28)40(18-6-20-52(46,47)48)32(37)16-12-24-8-5-9-25(34(24)39)13-17-33-38(3,4)29-23-27(36(44)45)11-15-31(29)41(33)19-7-21-53(49,50)51;/h10-17,22-23H,5-9,18-21H2,1-4H3,(H3-,42,43,44,45,46,47,48,49,50,51);/q;+1. The summed E-state index contributed by atoms with van der Waals surface area (Å²) in [6.45, 7) is 8.33. The Kier molecular flexibility index (Phi) is 13.4. The number of allylic oxidation sites excluding steroid dienone is 8. The summed E-state index contributed by atoms with van der Waals surface area (Å²) in [6.07, 6.45) is 10.1. The predicted octanol–water partition coefficient (Wildman–Crippen LogP) is 3.52. The van der Waals surface area contributed by atoms with Gasteiger partial charge in [-0.25, -0.2) is 18.0 Å². The van der Waals surface area contributed by atoms with Crippen molar-refractivity contribution in [3.8, 4) is 0 Å². The van der Waals surface area contributed by atoms with Crippen LogP contribution in [0.4, 0.5) is 11.4 Å². The number of aromatic carboxylic acids is 2. The molecule has 0 amide bonds. The van der Waals surface area contributed by atoms with E-state index in [1.54, 1.807) is 24.3 Å². The van der Waals surface area contributed by atoms with Crippen LogP contribution in [0.25, 0.3) is 0 Å². The molecule has 0 unspecified atom stereocenters. The number of fused-ring (bicyclic) bond motifs is 2. The second-order valence-corrected chi connectivity index (χ2v) is 18.0. The summed E-state index contributed by atoms with van der Waals surface area (Å²) in [5.74, 6) is -3.10. The quantitative estimate of drug-likeness (QED) is 0.152. The number of nitrogens with zero attached hydrogens (tertiary/aromatic N) is 2. The second kappa shape index (κ2) is 16.6. The number of carboxylic acids is 2. The third-order valence-corrected chi connectivity index (χ3v) is 12.3. The first-order chi connectivity index (χ1) is 24.6. The molecule has 2 heterocycles. The smallest absolute Gasteiger partial charge is 0.748 e. The molecule has 1 aliphatic carbocycles. The van der Waals surface area contributed by atoms with Gasteiger partial charge >= 0.3 is 41.5 Å². The fraction of sp³-hybridized carbons (Fsp3) is 0.395. The predicted molar refractivity (Wildman–Crippen MR) is 202 cm³/mol. The Morgan fingerprint density at radius 1 is 0.889 bits per heavy atom. The van der Waals surface area contributed by atoms with Crippen molar-refractivity contribution < 1.29 is 79.9 Å². The van der Waals surface area contributed by atoms with Crippen molar-refractivity contribution in [2.24, 2.45) is 0 Å². The van der Waals surface area contributed by atoms with Crippen LogP contribution in [-0.4, -0.2) is 83.0 Å². The van der Waals surface area contributed by atoms with Crippen molar-refractivity contribution in [1.82, 2.24) is 0 Å². The van der Waals surface area contributed by atoms with Crippen LogP contribution in [0.1, 0.15) is 91.6 Å². The Morgan fingerprint density at radius 2 is 1.52 bits per heavy atom. The number of rotatable bonds is 13. The number of hydrogen-bond donors (Lipinski definition) is 3. The first-order valence-corrected chi connectivity index (χ1v) is 20.7. The van der Waals surface area contributed by atoms with Crippen LogP contribution in [0, 0.1) is 0 Å². The normalized spacial score (nSPS) is 19.4. The van der Waals surface area contributed by atoms with Gasteiger partial charge in [-0.3, -0.25) is 4.55 Å². The molecular weight excluding hydrogens is 767 g/mol. The molecule has 2 aromatic rings. The van der Waals surface area contributed by atoms with Crippen LogP contribution in [0.5, 0.6) is 0 Å². The SMILES string of the molecule is CC1(C)C(=CC=C2CCCC(C=CC3=[N+](CCCS(=O)(=O)[O-])c4ccc(C(=O)O)cc4C3(C)C)=C2Cl)N(CCCS(=O)(=O)O)c2ccc(C(=O)O)cc21.[Na+]. The van der Waals surface area contributed by atoms with Gasteiger partial charge in [-0.05, 0) is 92.6 Å². The molecule has 2 aliphatic heterocycles. The minimum absolute atomic E-state index is 0. The van der Waals surface area contributed by atoms with Crippen molar-refractivity contribution >= 4 is 60.9 Å². The minimum atomic E-state index is -4.43. The van der Waals surface area contributed by atoms with Crippen molar-refractivity contribution in [3.05, 3.63) is 105 Å². The number of anilines is 1. The van der Waals surface area contributed by atoms with E-state index in [0.717, 1.165) is 51.5 Å². The summed E-state index contributed by atoms with van der Waals surface area (Å²) < 4.78 is 68.5. The molecule has 284 valence electrons. The molecule has 12 nitrogen and oxygen atoms in total. The topological polar surface area (TPSA) is 192 Å². The van der Waals surface area contributed by atoms with E-state index in [2.05, 4.69) is 0 Å². The Morgan fingerprint density at radius 3 is 2.13 bits per heavy atom. The molecular formula is C38H43ClN2NaO10S2+. The summed E-state index contributed by atoms with van der Waals surface area (Å²) in [7, 11) is -8.62. The van der Waals surface area contributed by atoms with Crippen molar-refractivity contribution in [2.45, 2.75) is 70.6 Å². The Balaban J connectivity index is 0.00000650. The molecule has 5 rings (SSSR count). The zero-order valence-corrected chi connectivity index (χ0v) is 35.3. The van der Waals surface area contributed by atoms with E-state index >= 15 is 0 Å². The Hall–Kier alpha value is -3.08. The van der Waals surface area contributed by atoms with Gasteiger partial charge in [0.1, 0.15) is 6.54 Å². The van der Waals surface area contributed by atoms with Gasteiger partial charge in [0.25, 0.3) is 10.1 Å². The van der Waals surface area contributed by atoms with Gasteiger partial charge in [0.05, 0.1) is 32.4 Å². The van der Waals surface area contributed by atoms with Gasteiger partial charge in [0, 0.05) is 58.3 Å². The number of benzene rings is 2. The van der Waals surface area contributed by atoms with E-state index in [9.17, 15) is 45.7 Å². The van der Waals surface area contributed by atoms with Crippen LogP contribution in [0.3, 0.4) is 0 Å². The maximum absolute atomic E-state index is 11.8. The molecule has 0 saturated carbocycles. The molecule has 0 aromatic heterocycles. The molecule has 0 bridgehead atoms. The van der Waals surface area contributed by atoms with Gasteiger partial charge in [0.15, 0.2) is 5.71 Å². The molecule has 2 aromatic carbocycles. The summed E-state index contributed by atoms with van der Waals surface area (Å²) in [6, 6.07) is 9.67. The van der Waals surface area contributed by atoms with E-state index < -0.39 is 54.5 Å². The molecule has 0 spiro atoms. The molecule has 0 fully saturated rings. The number of hydrogen-bond acceptors (Lipinski definition) is 8. The molecule has 0 saturated heterocycles. The second-order valence-electron chi connectivity index (χ2n) is 14.5. The fourth-order valence-corrected chi connectivity index (χ4v) is 8.76. The zero-order valence-electron chi connectivity index (χ0n) is 30.9. The molecule has 54 heavy (non-hydrogen) atoms. The van der Waals surface area contributed by atoms with Crippen LogP contribution >= 0.6 is 11.6 Å². The minimum Gasteiger partial charge on any atom is -0.748 e. The molecule has 16 heteroatoms. The van der Waals surface area contributed by atoms with Crippen molar-refractivity contribution in [1.29, 1.82) is 0 Å². The third-order valence-electron chi connectivity index (χ3n) is 10.2. The van der Waals surface area contributed by atoms with Crippen LogP contribution in [0.15, 0.2) is 82.6 Å². The largest absolute Gasteiger partial charge is 1.00 e. The summed E-state index contributed by atoms with van der Waals surface area (Å²) in [4.78, 5) is 25.6. The maximum atomic E-state index is 11.8. The Bertz CT molecular complexity index is 2260. The van der Waals surface area contributed by atoms with E-state index in [1.807, 2.05) is 61.5 Å². The average Bonchev–Trinajstić information content (AvgIpc) is 3.40. The molecule has 3 aliphatic rings. The van der Waals surface area contributed by atoms with Gasteiger partial charge in [-0.15, -0.1) is 0 Å². The van der Waals surface area contributed by atoms with Crippen LogP contribution in [0.2, 0.25) is 0 Å². The van der Waals surface area contributed by atoms with Crippen LogP contribution < -0.4 is 34.5 Å². The van der Waals surface area contributed by atoms with E-state index in [1.165, 1.54) is 12.1 Å². The van der Waals surface area contributed by atoms with E-state index in [0.29, 0.717) is 17.9 Å². The number of carboxylic acid groups (broad SMARTS) is 2. The maximum Gasteiger partial charge on any atom is 1.00 e. The first kappa shape index (κ1) is 43.6. The first-order valence-electron chi connectivity index (χ1n) is 17.2. The monoisotopic (exact) mass is 809 g/mol. The van der Waals surface area contributed by atoms with Gasteiger partial charge < -0.3 is 19.7 Å². The third kappa shape index (κ3) is 9.47. The van der Waals surface area contributed by atoms with Gasteiger partial charge in [0.2, 0.25) is 5.69 Å². The van der Waals surface area contributed by atoms with Crippen LogP contribution in [-0.2, 0) is 31.1 Å². The molecule has 0 atom stereocenters. The molecule has 3 N–H and O–H groups in total. The molecule has 0 radical (unpaired) electrons.